The number of carbonyl (C=O) groups is 1. The lowest BCUT2D eigenvalue weighted by molar-refractivity contribution is 0.155. The van der Waals surface area contributed by atoms with Crippen LogP contribution in [0.3, 0.4) is 0 Å². The van der Waals surface area contributed by atoms with E-state index in [4.69, 9.17) is 4.74 Å². The van der Waals surface area contributed by atoms with E-state index in [1.54, 1.807) is 0 Å². The predicted octanol–water partition coefficient (Wildman–Crippen LogP) is 5.21. The highest BCUT2D eigenvalue weighted by Crippen LogP contribution is 2.29. The van der Waals surface area contributed by atoms with Crippen molar-refractivity contribution in [3.8, 4) is 0 Å². The first-order chi connectivity index (χ1) is 11.4. The fourth-order valence-corrected chi connectivity index (χ4v) is 2.79. The second-order valence-electron chi connectivity index (χ2n) is 6.86. The van der Waals surface area contributed by atoms with Gasteiger partial charge in [-0.1, -0.05) is 57.2 Å². The minimum Gasteiger partial charge on any atom is -0.444 e. The van der Waals surface area contributed by atoms with Crippen molar-refractivity contribution in [2.75, 3.05) is 5.32 Å². The van der Waals surface area contributed by atoms with Gasteiger partial charge in [0.2, 0.25) is 0 Å². The average Bonchev–Trinajstić information content (AvgIpc) is 2.96. The summed E-state index contributed by atoms with van der Waals surface area (Å²) in [6, 6.07) is 15.8. The van der Waals surface area contributed by atoms with Gasteiger partial charge < -0.3 is 9.72 Å². The molecule has 0 saturated carbocycles. The van der Waals surface area contributed by atoms with E-state index in [0.717, 1.165) is 27.7 Å². The van der Waals surface area contributed by atoms with Gasteiger partial charge >= 0.3 is 6.09 Å². The van der Waals surface area contributed by atoms with Crippen LogP contribution in [-0.4, -0.2) is 11.1 Å². The molecule has 0 unspecified atom stereocenters. The predicted molar refractivity (Wildman–Crippen MR) is 97.2 cm³/mol. The lowest BCUT2D eigenvalue weighted by Gasteiger charge is -2.22. The van der Waals surface area contributed by atoms with E-state index in [9.17, 15) is 4.79 Å². The molecule has 3 aromatic rings. The van der Waals surface area contributed by atoms with Crippen molar-refractivity contribution in [1.82, 2.24) is 4.98 Å². The SMILES string of the molecule is CC(C)(C)c1ccccc1NC(=O)OCc1c[nH]c2ccccc12. The molecular weight excluding hydrogens is 300 g/mol. The molecule has 0 fully saturated rings. The summed E-state index contributed by atoms with van der Waals surface area (Å²) in [5, 5.41) is 3.93. The molecule has 1 heterocycles. The molecule has 3 rings (SSSR count). The molecule has 0 saturated heterocycles. The summed E-state index contributed by atoms with van der Waals surface area (Å²) in [5.74, 6) is 0. The molecule has 1 amide bonds. The summed E-state index contributed by atoms with van der Waals surface area (Å²) in [6.45, 7) is 6.58. The molecule has 2 N–H and O–H groups in total. The number of amides is 1. The normalized spacial score (nSPS) is 11.5. The molecule has 2 aromatic carbocycles. The Labute approximate surface area is 141 Å². The first kappa shape index (κ1) is 16.1. The number of fused-ring (bicyclic) bond motifs is 1. The molecule has 4 heteroatoms. The second kappa shape index (κ2) is 6.40. The lowest BCUT2D eigenvalue weighted by Crippen LogP contribution is -2.19. The van der Waals surface area contributed by atoms with E-state index in [0.29, 0.717) is 0 Å². The molecule has 124 valence electrons. The minimum absolute atomic E-state index is 0.0548. The van der Waals surface area contributed by atoms with Gasteiger partial charge in [-0.25, -0.2) is 4.79 Å². The Morgan fingerprint density at radius 3 is 2.58 bits per heavy atom. The Morgan fingerprint density at radius 1 is 1.08 bits per heavy atom. The molecule has 0 bridgehead atoms. The van der Waals surface area contributed by atoms with Crippen LogP contribution >= 0.6 is 0 Å². The summed E-state index contributed by atoms with van der Waals surface area (Å²) >= 11 is 0. The van der Waals surface area contributed by atoms with E-state index in [2.05, 4.69) is 31.1 Å². The maximum atomic E-state index is 12.2. The van der Waals surface area contributed by atoms with Crippen molar-refractivity contribution in [1.29, 1.82) is 0 Å². The quantitative estimate of drug-likeness (QED) is 0.695. The highest BCUT2D eigenvalue weighted by Gasteiger charge is 2.19. The summed E-state index contributed by atoms with van der Waals surface area (Å²) in [5.41, 5.74) is 3.81. The molecular formula is C20H22N2O2. The Hall–Kier alpha value is -2.75. The lowest BCUT2D eigenvalue weighted by atomic mass is 9.86. The molecule has 0 aliphatic heterocycles. The van der Waals surface area contributed by atoms with Crippen LogP contribution in [0.5, 0.6) is 0 Å². The number of rotatable bonds is 3. The van der Waals surface area contributed by atoms with Gasteiger partial charge in [-0.3, -0.25) is 5.32 Å². The number of nitrogens with one attached hydrogen (secondary N) is 2. The van der Waals surface area contributed by atoms with Crippen LogP contribution in [0.1, 0.15) is 31.9 Å². The number of para-hydroxylation sites is 2. The van der Waals surface area contributed by atoms with Crippen LogP contribution in [0.15, 0.2) is 54.7 Å². The van der Waals surface area contributed by atoms with Crippen LogP contribution < -0.4 is 5.32 Å². The van der Waals surface area contributed by atoms with Crippen molar-refractivity contribution >= 4 is 22.7 Å². The summed E-state index contributed by atoms with van der Waals surface area (Å²) in [4.78, 5) is 15.4. The molecule has 0 atom stereocenters. The minimum atomic E-state index is -0.447. The van der Waals surface area contributed by atoms with Gasteiger partial charge in [0.25, 0.3) is 0 Å². The second-order valence-corrected chi connectivity index (χ2v) is 6.86. The van der Waals surface area contributed by atoms with Gasteiger partial charge in [0.15, 0.2) is 0 Å². The van der Waals surface area contributed by atoms with Gasteiger partial charge in [0.05, 0.1) is 0 Å². The van der Waals surface area contributed by atoms with Gasteiger partial charge in [-0.2, -0.15) is 0 Å². The maximum Gasteiger partial charge on any atom is 0.411 e. The van der Waals surface area contributed by atoms with Crippen molar-refractivity contribution in [2.24, 2.45) is 0 Å². The monoisotopic (exact) mass is 322 g/mol. The van der Waals surface area contributed by atoms with Crippen LogP contribution in [0, 0.1) is 0 Å². The number of aromatic nitrogens is 1. The molecule has 0 spiro atoms. The number of aromatic amines is 1. The number of ether oxygens (including phenoxy) is 1. The summed E-state index contributed by atoms with van der Waals surface area (Å²) in [6.07, 6.45) is 1.43. The molecule has 1 aromatic heterocycles. The summed E-state index contributed by atoms with van der Waals surface area (Å²) < 4.78 is 5.40. The third kappa shape index (κ3) is 3.43. The highest BCUT2D eigenvalue weighted by atomic mass is 16.5. The van der Waals surface area contributed by atoms with E-state index in [-0.39, 0.29) is 12.0 Å². The molecule has 24 heavy (non-hydrogen) atoms. The molecule has 4 nitrogen and oxygen atoms in total. The van der Waals surface area contributed by atoms with Gasteiger partial charge in [-0.15, -0.1) is 0 Å². The zero-order valence-corrected chi connectivity index (χ0v) is 14.2. The maximum absolute atomic E-state index is 12.2. The number of H-pyrrole nitrogens is 1. The van der Waals surface area contributed by atoms with Crippen molar-refractivity contribution in [3.05, 3.63) is 65.9 Å². The van der Waals surface area contributed by atoms with E-state index in [1.807, 2.05) is 54.7 Å². The van der Waals surface area contributed by atoms with Crippen LogP contribution in [-0.2, 0) is 16.8 Å². The smallest absolute Gasteiger partial charge is 0.411 e. The molecule has 0 aliphatic carbocycles. The first-order valence-electron chi connectivity index (χ1n) is 8.03. The largest absolute Gasteiger partial charge is 0.444 e. The van der Waals surface area contributed by atoms with Crippen molar-refractivity contribution in [2.45, 2.75) is 32.8 Å². The Kier molecular flexibility index (Phi) is 4.30. The summed E-state index contributed by atoms with van der Waals surface area (Å²) in [7, 11) is 0. The Morgan fingerprint density at radius 2 is 1.79 bits per heavy atom. The topological polar surface area (TPSA) is 54.1 Å². The number of benzene rings is 2. The highest BCUT2D eigenvalue weighted by molar-refractivity contribution is 5.87. The van der Waals surface area contributed by atoms with E-state index < -0.39 is 6.09 Å². The van der Waals surface area contributed by atoms with Gasteiger partial charge in [0, 0.05) is 28.4 Å². The Balaban J connectivity index is 1.69. The standard InChI is InChI=1S/C20H22N2O2/c1-20(2,3)16-9-5-7-11-18(16)22-19(23)24-13-14-12-21-17-10-6-4-8-15(14)17/h4-12,21H,13H2,1-3H3,(H,22,23). The van der Waals surface area contributed by atoms with Crippen LogP contribution in [0.4, 0.5) is 10.5 Å². The zero-order chi connectivity index (χ0) is 17.2. The van der Waals surface area contributed by atoms with Crippen molar-refractivity contribution in [3.63, 3.8) is 0 Å². The number of carbonyl (C=O) groups excluding carboxylic acids is 1. The average molecular weight is 322 g/mol. The fraction of sp³-hybridized carbons (Fsp3) is 0.250. The molecule has 0 aliphatic rings. The third-order valence-electron chi connectivity index (χ3n) is 4.01. The zero-order valence-electron chi connectivity index (χ0n) is 14.2. The number of hydrogen-bond acceptors (Lipinski definition) is 2. The third-order valence-corrected chi connectivity index (χ3v) is 4.01. The molecule has 0 radical (unpaired) electrons. The van der Waals surface area contributed by atoms with Crippen molar-refractivity contribution < 1.29 is 9.53 Å². The number of hydrogen-bond donors (Lipinski definition) is 2. The van der Waals surface area contributed by atoms with Gasteiger partial charge in [0.1, 0.15) is 6.61 Å². The fourth-order valence-electron chi connectivity index (χ4n) is 2.79. The van der Waals surface area contributed by atoms with E-state index >= 15 is 0 Å². The number of anilines is 1. The van der Waals surface area contributed by atoms with Gasteiger partial charge in [-0.05, 0) is 23.1 Å². The van der Waals surface area contributed by atoms with Crippen LogP contribution in [0.25, 0.3) is 10.9 Å². The Bertz CT molecular complexity index is 859. The van der Waals surface area contributed by atoms with Crippen LogP contribution in [0.2, 0.25) is 0 Å². The van der Waals surface area contributed by atoms with E-state index in [1.165, 1.54) is 0 Å². The first-order valence-corrected chi connectivity index (χ1v) is 8.03.